The molecule has 0 aromatic heterocycles. The van der Waals surface area contributed by atoms with Crippen molar-refractivity contribution in [1.82, 2.24) is 10.2 Å². The maximum atomic E-state index is 11.6. The Morgan fingerprint density at radius 3 is 2.73 bits per heavy atom. The van der Waals surface area contributed by atoms with Gasteiger partial charge in [-0.25, -0.2) is 0 Å². The molecule has 0 aromatic rings. The minimum Gasteiger partial charge on any atom is -0.355 e. The van der Waals surface area contributed by atoms with E-state index in [1.165, 1.54) is 11.8 Å². The summed E-state index contributed by atoms with van der Waals surface area (Å²) in [4.78, 5) is 35.1. The number of amides is 2. The monoisotopic (exact) mass is 212 g/mol. The summed E-state index contributed by atoms with van der Waals surface area (Å²) < 4.78 is 0. The number of Topliss-reactive ketones (excluding diaryl/α,β-unsaturated/α-hetero) is 1. The topological polar surface area (TPSA) is 66.5 Å². The minimum absolute atomic E-state index is 0.0569. The highest BCUT2D eigenvalue weighted by Gasteiger charge is 2.25. The highest BCUT2D eigenvalue weighted by molar-refractivity contribution is 5.89. The Bertz CT molecular complexity index is 288. The molecule has 1 aliphatic rings. The molecule has 0 saturated carbocycles. The van der Waals surface area contributed by atoms with Crippen molar-refractivity contribution in [3.05, 3.63) is 0 Å². The number of hydrogen-bond acceptors (Lipinski definition) is 3. The van der Waals surface area contributed by atoms with Gasteiger partial charge >= 0.3 is 0 Å². The van der Waals surface area contributed by atoms with Gasteiger partial charge in [0.2, 0.25) is 11.8 Å². The molecular weight excluding hydrogens is 196 g/mol. The molecule has 0 bridgehead atoms. The molecule has 5 nitrogen and oxygen atoms in total. The SMILES string of the molecule is CC(=O)N(C)CC1CNC(=O)CCC1=O. The van der Waals surface area contributed by atoms with Crippen LogP contribution < -0.4 is 5.32 Å². The van der Waals surface area contributed by atoms with Gasteiger partial charge in [-0.1, -0.05) is 0 Å². The molecule has 1 N–H and O–H groups in total. The van der Waals surface area contributed by atoms with E-state index in [9.17, 15) is 14.4 Å². The standard InChI is InChI=1S/C10H16N2O3/c1-7(13)12(2)6-8-5-11-10(15)4-3-9(8)14/h8H,3-6H2,1-2H3,(H,11,15). The molecule has 1 fully saturated rings. The highest BCUT2D eigenvalue weighted by Crippen LogP contribution is 2.09. The third-order valence-corrected chi connectivity index (χ3v) is 2.63. The summed E-state index contributed by atoms with van der Waals surface area (Å²) in [6.45, 7) is 2.18. The molecule has 0 aliphatic carbocycles. The average molecular weight is 212 g/mol. The first kappa shape index (κ1) is 11.7. The lowest BCUT2D eigenvalue weighted by atomic mass is 10.0. The fourth-order valence-corrected chi connectivity index (χ4v) is 1.51. The van der Waals surface area contributed by atoms with Crippen LogP contribution in [0.2, 0.25) is 0 Å². The second-order valence-electron chi connectivity index (χ2n) is 3.87. The maximum absolute atomic E-state index is 11.6. The first-order valence-electron chi connectivity index (χ1n) is 5.02. The van der Waals surface area contributed by atoms with Crippen LogP contribution in [0.25, 0.3) is 0 Å². The van der Waals surface area contributed by atoms with Crippen molar-refractivity contribution >= 4 is 17.6 Å². The normalized spacial score (nSPS) is 21.9. The molecule has 1 saturated heterocycles. The zero-order valence-electron chi connectivity index (χ0n) is 9.08. The quantitative estimate of drug-likeness (QED) is 0.674. The van der Waals surface area contributed by atoms with E-state index < -0.39 is 0 Å². The van der Waals surface area contributed by atoms with Crippen LogP contribution in [-0.4, -0.2) is 42.6 Å². The van der Waals surface area contributed by atoms with Crippen molar-refractivity contribution in [2.24, 2.45) is 5.92 Å². The lowest BCUT2D eigenvalue weighted by Gasteiger charge is -2.20. The van der Waals surface area contributed by atoms with Crippen molar-refractivity contribution < 1.29 is 14.4 Å². The molecule has 1 unspecified atom stereocenters. The number of carbonyl (C=O) groups is 3. The van der Waals surface area contributed by atoms with Gasteiger partial charge in [0, 0.05) is 39.9 Å². The van der Waals surface area contributed by atoms with E-state index in [1.54, 1.807) is 7.05 Å². The van der Waals surface area contributed by atoms with Gasteiger partial charge in [-0.3, -0.25) is 14.4 Å². The van der Waals surface area contributed by atoms with E-state index >= 15 is 0 Å². The number of nitrogens with zero attached hydrogens (tertiary/aromatic N) is 1. The van der Waals surface area contributed by atoms with Crippen LogP contribution in [0.4, 0.5) is 0 Å². The van der Waals surface area contributed by atoms with Crippen LogP contribution >= 0.6 is 0 Å². The van der Waals surface area contributed by atoms with Gasteiger partial charge in [0.1, 0.15) is 5.78 Å². The Morgan fingerprint density at radius 1 is 1.47 bits per heavy atom. The Morgan fingerprint density at radius 2 is 2.13 bits per heavy atom. The highest BCUT2D eigenvalue weighted by atomic mass is 16.2. The van der Waals surface area contributed by atoms with Crippen LogP contribution in [-0.2, 0) is 14.4 Å². The fraction of sp³-hybridized carbons (Fsp3) is 0.700. The van der Waals surface area contributed by atoms with Gasteiger partial charge < -0.3 is 10.2 Å². The maximum Gasteiger partial charge on any atom is 0.220 e. The number of nitrogens with one attached hydrogen (secondary N) is 1. The largest absolute Gasteiger partial charge is 0.355 e. The summed E-state index contributed by atoms with van der Waals surface area (Å²) in [6, 6.07) is 0. The predicted octanol–water partition coefficient (Wildman–Crippen LogP) is -0.440. The first-order valence-corrected chi connectivity index (χ1v) is 5.02. The molecule has 1 heterocycles. The molecule has 0 radical (unpaired) electrons. The number of ketones is 1. The van der Waals surface area contributed by atoms with Crippen LogP contribution in [0.1, 0.15) is 19.8 Å². The van der Waals surface area contributed by atoms with Gasteiger partial charge in [-0.05, 0) is 0 Å². The van der Waals surface area contributed by atoms with E-state index in [1.807, 2.05) is 0 Å². The van der Waals surface area contributed by atoms with E-state index in [4.69, 9.17) is 0 Å². The third kappa shape index (κ3) is 3.34. The summed E-state index contributed by atoms with van der Waals surface area (Å²) in [5.41, 5.74) is 0. The zero-order valence-corrected chi connectivity index (χ0v) is 9.08. The van der Waals surface area contributed by atoms with Gasteiger partial charge in [0.05, 0.1) is 5.92 Å². The number of rotatable bonds is 2. The number of hydrogen-bond donors (Lipinski definition) is 1. The zero-order chi connectivity index (χ0) is 11.4. The smallest absolute Gasteiger partial charge is 0.220 e. The van der Waals surface area contributed by atoms with E-state index in [0.717, 1.165) is 0 Å². The Balaban J connectivity index is 2.56. The van der Waals surface area contributed by atoms with Gasteiger partial charge in [0.25, 0.3) is 0 Å². The molecule has 15 heavy (non-hydrogen) atoms. The predicted molar refractivity (Wildman–Crippen MR) is 54.1 cm³/mol. The minimum atomic E-state index is -0.259. The van der Waals surface area contributed by atoms with E-state index in [-0.39, 0.29) is 36.4 Å². The Kier molecular flexibility index (Phi) is 3.82. The summed E-state index contributed by atoms with van der Waals surface area (Å²) >= 11 is 0. The molecule has 1 atom stereocenters. The van der Waals surface area contributed by atoms with Crippen molar-refractivity contribution in [2.75, 3.05) is 20.1 Å². The molecule has 1 rings (SSSR count). The lowest BCUT2D eigenvalue weighted by molar-refractivity contribution is -0.129. The summed E-state index contributed by atoms with van der Waals surface area (Å²) in [5, 5.41) is 2.67. The van der Waals surface area contributed by atoms with Crippen molar-refractivity contribution in [3.8, 4) is 0 Å². The van der Waals surface area contributed by atoms with Crippen LogP contribution in [0.3, 0.4) is 0 Å². The van der Waals surface area contributed by atoms with Crippen LogP contribution in [0.15, 0.2) is 0 Å². The van der Waals surface area contributed by atoms with Crippen molar-refractivity contribution in [2.45, 2.75) is 19.8 Å². The number of carbonyl (C=O) groups excluding carboxylic acids is 3. The summed E-state index contributed by atoms with van der Waals surface area (Å²) in [6.07, 6.45) is 0.543. The molecule has 1 aliphatic heterocycles. The molecule has 5 heteroatoms. The van der Waals surface area contributed by atoms with Crippen LogP contribution in [0, 0.1) is 5.92 Å². The first-order chi connectivity index (χ1) is 7.00. The second kappa shape index (κ2) is 4.91. The lowest BCUT2D eigenvalue weighted by Crippen LogP contribution is -2.38. The average Bonchev–Trinajstić information content (AvgIpc) is 2.32. The third-order valence-electron chi connectivity index (χ3n) is 2.63. The molecule has 84 valence electrons. The van der Waals surface area contributed by atoms with Gasteiger partial charge in [-0.2, -0.15) is 0 Å². The molecular formula is C10H16N2O3. The fourth-order valence-electron chi connectivity index (χ4n) is 1.51. The van der Waals surface area contributed by atoms with Crippen molar-refractivity contribution in [1.29, 1.82) is 0 Å². The van der Waals surface area contributed by atoms with E-state index in [2.05, 4.69) is 5.32 Å². The molecule has 2 amide bonds. The van der Waals surface area contributed by atoms with Crippen LogP contribution in [0.5, 0.6) is 0 Å². The summed E-state index contributed by atoms with van der Waals surface area (Å²) in [7, 11) is 1.66. The molecule has 0 aromatic carbocycles. The van der Waals surface area contributed by atoms with Crippen molar-refractivity contribution in [3.63, 3.8) is 0 Å². The Labute approximate surface area is 88.8 Å². The van der Waals surface area contributed by atoms with Gasteiger partial charge in [-0.15, -0.1) is 0 Å². The Hall–Kier alpha value is -1.39. The van der Waals surface area contributed by atoms with E-state index in [0.29, 0.717) is 13.1 Å². The second-order valence-corrected chi connectivity index (χ2v) is 3.87. The summed E-state index contributed by atoms with van der Waals surface area (Å²) in [5.74, 6) is -0.360. The van der Waals surface area contributed by atoms with Gasteiger partial charge in [0.15, 0.2) is 0 Å². The molecule has 0 spiro atoms.